The Labute approximate surface area is 135 Å². The number of halogens is 2. The summed E-state index contributed by atoms with van der Waals surface area (Å²) in [5, 5.41) is 3.77. The average Bonchev–Trinajstić information content (AvgIpc) is 2.88. The average molecular weight is 374 g/mol. The fourth-order valence-corrected chi connectivity index (χ4v) is 3.28. The summed E-state index contributed by atoms with van der Waals surface area (Å²) in [7, 11) is 0. The second-order valence-electron chi connectivity index (χ2n) is 4.27. The van der Waals surface area contributed by atoms with E-state index in [-0.39, 0.29) is 0 Å². The van der Waals surface area contributed by atoms with Crippen molar-refractivity contribution in [1.29, 1.82) is 0 Å². The van der Waals surface area contributed by atoms with Crippen LogP contribution in [0.5, 0.6) is 0 Å². The summed E-state index contributed by atoms with van der Waals surface area (Å²) >= 11 is 10.9. The first-order valence-corrected chi connectivity index (χ1v) is 8.09. The van der Waals surface area contributed by atoms with Crippen LogP contribution in [-0.2, 0) is 11.2 Å². The zero-order valence-electron chi connectivity index (χ0n) is 10.8. The number of primary amides is 1. The van der Waals surface area contributed by atoms with Crippen molar-refractivity contribution in [2.24, 2.45) is 5.73 Å². The molecule has 3 nitrogen and oxygen atoms in total. The van der Waals surface area contributed by atoms with Gasteiger partial charge < -0.3 is 11.1 Å². The van der Waals surface area contributed by atoms with Crippen molar-refractivity contribution in [2.45, 2.75) is 19.4 Å². The summed E-state index contributed by atoms with van der Waals surface area (Å²) in [4.78, 5) is 13.8. The van der Waals surface area contributed by atoms with Crippen LogP contribution in [0.1, 0.15) is 22.7 Å². The highest BCUT2D eigenvalue weighted by Gasteiger charge is 2.19. The molecule has 2 aromatic rings. The highest BCUT2D eigenvalue weighted by molar-refractivity contribution is 9.10. The lowest BCUT2D eigenvalue weighted by molar-refractivity contribution is -0.118. The molecule has 0 saturated carbocycles. The number of thiophene rings is 1. The number of aryl methyl sites for hydroxylation is 1. The highest BCUT2D eigenvalue weighted by Crippen LogP contribution is 2.30. The van der Waals surface area contributed by atoms with Crippen molar-refractivity contribution in [1.82, 2.24) is 0 Å². The molecule has 1 heterocycles. The van der Waals surface area contributed by atoms with Crippen molar-refractivity contribution < 1.29 is 4.79 Å². The summed E-state index contributed by atoms with van der Waals surface area (Å²) in [5.41, 5.74) is 6.29. The van der Waals surface area contributed by atoms with Crippen LogP contribution >= 0.6 is 38.9 Å². The molecule has 0 aliphatic heterocycles. The molecule has 3 N–H and O–H groups in total. The van der Waals surface area contributed by atoms with Crippen LogP contribution in [0.15, 0.2) is 34.8 Å². The van der Waals surface area contributed by atoms with Gasteiger partial charge in [-0.25, -0.2) is 0 Å². The lowest BCUT2D eigenvalue weighted by Gasteiger charge is -2.15. The number of carbonyl (C=O) groups is 1. The second-order valence-corrected chi connectivity index (χ2v) is 6.73. The number of hydrogen-bond acceptors (Lipinski definition) is 3. The minimum atomic E-state index is -0.534. The maximum Gasteiger partial charge on any atom is 0.245 e. The summed E-state index contributed by atoms with van der Waals surface area (Å²) in [6, 6.07) is 8.84. The van der Waals surface area contributed by atoms with Gasteiger partial charge in [0.25, 0.3) is 0 Å². The van der Waals surface area contributed by atoms with E-state index in [9.17, 15) is 4.79 Å². The Morgan fingerprint density at radius 3 is 2.75 bits per heavy atom. The largest absolute Gasteiger partial charge is 0.369 e. The molecule has 1 aromatic carbocycles. The molecule has 0 fully saturated rings. The minimum Gasteiger partial charge on any atom is -0.369 e. The van der Waals surface area contributed by atoms with E-state index in [1.54, 1.807) is 17.4 Å². The van der Waals surface area contributed by atoms with Crippen LogP contribution in [0.3, 0.4) is 0 Å². The van der Waals surface area contributed by atoms with E-state index in [2.05, 4.69) is 28.2 Å². The van der Waals surface area contributed by atoms with Crippen LogP contribution in [0, 0.1) is 0 Å². The summed E-state index contributed by atoms with van der Waals surface area (Å²) < 4.78 is 0.771. The molecular weight excluding hydrogens is 360 g/mol. The first-order chi connectivity index (χ1) is 9.51. The molecule has 0 radical (unpaired) electrons. The van der Waals surface area contributed by atoms with E-state index in [4.69, 9.17) is 17.3 Å². The molecule has 1 amide bonds. The Hall–Kier alpha value is -1.04. The fourth-order valence-electron chi connectivity index (χ4n) is 1.77. The van der Waals surface area contributed by atoms with Gasteiger partial charge in [-0.05, 0) is 52.7 Å². The van der Waals surface area contributed by atoms with Crippen molar-refractivity contribution >= 4 is 50.5 Å². The highest BCUT2D eigenvalue weighted by atomic mass is 79.9. The molecule has 1 atom stereocenters. The first kappa shape index (κ1) is 15.4. The Bertz CT molecular complexity index is 629. The molecule has 6 heteroatoms. The normalized spacial score (nSPS) is 12.2. The SMILES string of the molecule is CCc1ccc(C(Nc2ccc(Cl)c(Br)c2)C(N)=O)s1. The van der Waals surface area contributed by atoms with Crippen molar-refractivity contribution in [3.05, 3.63) is 49.6 Å². The van der Waals surface area contributed by atoms with E-state index < -0.39 is 11.9 Å². The Kier molecular flexibility index (Phi) is 5.07. The molecule has 2 rings (SSSR count). The van der Waals surface area contributed by atoms with E-state index >= 15 is 0 Å². The van der Waals surface area contributed by atoms with Gasteiger partial charge in [0.05, 0.1) is 5.02 Å². The van der Waals surface area contributed by atoms with E-state index in [0.717, 1.165) is 21.5 Å². The fraction of sp³-hybridized carbons (Fsp3) is 0.214. The third-order valence-corrected chi connectivity index (χ3v) is 5.34. The van der Waals surface area contributed by atoms with Crippen LogP contribution in [0.4, 0.5) is 5.69 Å². The van der Waals surface area contributed by atoms with Gasteiger partial charge in [0.2, 0.25) is 5.91 Å². The molecule has 0 aliphatic carbocycles. The zero-order valence-corrected chi connectivity index (χ0v) is 14.0. The smallest absolute Gasteiger partial charge is 0.245 e. The lowest BCUT2D eigenvalue weighted by atomic mass is 10.2. The predicted octanol–water partition coefficient (Wildman–Crippen LogP) is 4.36. The van der Waals surface area contributed by atoms with Crippen LogP contribution in [0.2, 0.25) is 5.02 Å². The molecule has 0 saturated heterocycles. The molecule has 0 bridgehead atoms. The maximum atomic E-state index is 11.7. The first-order valence-electron chi connectivity index (χ1n) is 6.10. The number of benzene rings is 1. The van der Waals surface area contributed by atoms with Crippen LogP contribution in [0.25, 0.3) is 0 Å². The molecule has 0 spiro atoms. The molecular formula is C14H14BrClN2OS. The summed E-state index contributed by atoms with van der Waals surface area (Å²) in [5.74, 6) is -0.402. The molecule has 20 heavy (non-hydrogen) atoms. The van der Waals surface area contributed by atoms with Gasteiger partial charge in [0, 0.05) is 19.9 Å². The van der Waals surface area contributed by atoms with Gasteiger partial charge in [0.1, 0.15) is 6.04 Å². The number of anilines is 1. The molecule has 1 aromatic heterocycles. The molecule has 0 aliphatic rings. The monoisotopic (exact) mass is 372 g/mol. The maximum absolute atomic E-state index is 11.7. The van der Waals surface area contributed by atoms with Gasteiger partial charge >= 0.3 is 0 Å². The van der Waals surface area contributed by atoms with Gasteiger partial charge in [0.15, 0.2) is 0 Å². The summed E-state index contributed by atoms with van der Waals surface area (Å²) in [6.07, 6.45) is 0.947. The number of hydrogen-bond donors (Lipinski definition) is 2. The predicted molar refractivity (Wildman–Crippen MR) is 88.4 cm³/mol. The van der Waals surface area contributed by atoms with E-state index in [1.165, 1.54) is 4.88 Å². The Morgan fingerprint density at radius 2 is 2.20 bits per heavy atom. The summed E-state index contributed by atoms with van der Waals surface area (Å²) in [6.45, 7) is 2.08. The van der Waals surface area contributed by atoms with Crippen molar-refractivity contribution in [3.63, 3.8) is 0 Å². The minimum absolute atomic E-state index is 0.402. The second kappa shape index (κ2) is 6.61. The van der Waals surface area contributed by atoms with Gasteiger partial charge in [-0.2, -0.15) is 0 Å². The zero-order chi connectivity index (χ0) is 14.7. The molecule has 1 unspecified atom stereocenters. The number of amides is 1. The lowest BCUT2D eigenvalue weighted by Crippen LogP contribution is -2.26. The number of nitrogens with one attached hydrogen (secondary N) is 1. The quantitative estimate of drug-likeness (QED) is 0.818. The van der Waals surface area contributed by atoms with Crippen LogP contribution in [-0.4, -0.2) is 5.91 Å². The van der Waals surface area contributed by atoms with E-state index in [0.29, 0.717) is 5.02 Å². The van der Waals surface area contributed by atoms with Crippen molar-refractivity contribution in [2.75, 3.05) is 5.32 Å². The number of rotatable bonds is 5. The Morgan fingerprint density at radius 1 is 1.45 bits per heavy atom. The number of nitrogens with two attached hydrogens (primary N) is 1. The number of carbonyl (C=O) groups excluding carboxylic acids is 1. The molecule has 106 valence electrons. The van der Waals surface area contributed by atoms with Gasteiger partial charge in [-0.1, -0.05) is 18.5 Å². The third kappa shape index (κ3) is 3.53. The standard InChI is InChI=1S/C14H14BrClN2OS/c1-2-9-4-6-12(20-9)13(14(17)19)18-8-3-5-11(16)10(15)7-8/h3-7,13,18H,2H2,1H3,(H2,17,19). The van der Waals surface area contributed by atoms with Gasteiger partial charge in [-0.3, -0.25) is 4.79 Å². The topological polar surface area (TPSA) is 55.1 Å². The van der Waals surface area contributed by atoms with Crippen molar-refractivity contribution in [3.8, 4) is 0 Å². The Balaban J connectivity index is 2.25. The third-order valence-electron chi connectivity index (χ3n) is 2.83. The van der Waals surface area contributed by atoms with Gasteiger partial charge in [-0.15, -0.1) is 11.3 Å². The van der Waals surface area contributed by atoms with Crippen LogP contribution < -0.4 is 11.1 Å². The van der Waals surface area contributed by atoms with E-state index in [1.807, 2.05) is 24.3 Å².